The first-order valence-electron chi connectivity index (χ1n) is 5.96. The van der Waals surface area contributed by atoms with Crippen LogP contribution in [-0.2, 0) is 0 Å². The van der Waals surface area contributed by atoms with Crippen LogP contribution in [0.2, 0.25) is 0 Å². The maximum atomic E-state index is 12.1. The minimum absolute atomic E-state index is 0.109. The van der Waals surface area contributed by atoms with Crippen molar-refractivity contribution >= 4 is 23.4 Å². The largest absolute Gasteiger partial charge is 0.507 e. The van der Waals surface area contributed by atoms with Gasteiger partial charge in [-0.1, -0.05) is 0 Å². The van der Waals surface area contributed by atoms with E-state index in [-0.39, 0.29) is 17.2 Å². The van der Waals surface area contributed by atoms with Crippen LogP contribution in [-0.4, -0.2) is 24.4 Å². The van der Waals surface area contributed by atoms with Gasteiger partial charge < -0.3 is 15.2 Å². The van der Waals surface area contributed by atoms with Crippen molar-refractivity contribution in [2.24, 2.45) is 0 Å². The molecule has 2 rings (SSSR count). The van der Waals surface area contributed by atoms with E-state index >= 15 is 0 Å². The monoisotopic (exact) mass is 289 g/mol. The molecule has 2 aromatic carbocycles. The number of benzene rings is 2. The molecule has 0 aliphatic carbocycles. The second-order valence-corrected chi connectivity index (χ2v) is 4.95. The van der Waals surface area contributed by atoms with Crippen LogP contribution in [0.4, 0.5) is 5.69 Å². The van der Waals surface area contributed by atoms with Crippen molar-refractivity contribution in [2.75, 3.05) is 18.7 Å². The molecule has 0 fully saturated rings. The van der Waals surface area contributed by atoms with Crippen molar-refractivity contribution in [2.45, 2.75) is 4.90 Å². The smallest absolute Gasteiger partial charge is 0.259 e. The van der Waals surface area contributed by atoms with Crippen LogP contribution in [0.3, 0.4) is 0 Å². The predicted octanol–water partition coefficient (Wildman–Crippen LogP) is 3.38. The van der Waals surface area contributed by atoms with Crippen LogP contribution in [0.1, 0.15) is 10.4 Å². The van der Waals surface area contributed by atoms with E-state index < -0.39 is 0 Å². The SMILES string of the molecule is COc1ccc(C(=O)Nc2ccc(SC)cc2)c(O)c1. The molecule has 0 atom stereocenters. The number of hydrogen-bond acceptors (Lipinski definition) is 4. The van der Waals surface area contributed by atoms with E-state index in [2.05, 4.69) is 5.32 Å². The summed E-state index contributed by atoms with van der Waals surface area (Å²) in [6.07, 6.45) is 1.99. The third kappa shape index (κ3) is 3.24. The molecule has 0 unspecified atom stereocenters. The number of amides is 1. The molecule has 4 nitrogen and oxygen atoms in total. The Morgan fingerprint density at radius 3 is 2.45 bits per heavy atom. The van der Waals surface area contributed by atoms with Gasteiger partial charge in [-0.25, -0.2) is 0 Å². The zero-order chi connectivity index (χ0) is 14.5. The molecule has 0 aromatic heterocycles. The number of methoxy groups -OCH3 is 1. The number of phenols is 1. The fraction of sp³-hybridized carbons (Fsp3) is 0.133. The number of phenolic OH excluding ortho intramolecular Hbond substituents is 1. The van der Waals surface area contributed by atoms with Gasteiger partial charge in [-0.15, -0.1) is 11.8 Å². The first-order chi connectivity index (χ1) is 9.63. The van der Waals surface area contributed by atoms with E-state index in [1.807, 2.05) is 30.5 Å². The Morgan fingerprint density at radius 2 is 1.90 bits per heavy atom. The fourth-order valence-electron chi connectivity index (χ4n) is 1.70. The van der Waals surface area contributed by atoms with Crippen molar-refractivity contribution in [3.63, 3.8) is 0 Å². The van der Waals surface area contributed by atoms with Crippen LogP contribution in [0.15, 0.2) is 47.4 Å². The first-order valence-corrected chi connectivity index (χ1v) is 7.19. The number of thioether (sulfide) groups is 1. The minimum Gasteiger partial charge on any atom is -0.507 e. The molecular formula is C15H15NO3S. The Labute approximate surface area is 121 Å². The maximum Gasteiger partial charge on any atom is 0.259 e. The van der Waals surface area contributed by atoms with E-state index in [1.165, 1.54) is 19.2 Å². The molecule has 1 amide bonds. The second kappa shape index (κ2) is 6.34. The normalized spacial score (nSPS) is 10.1. The van der Waals surface area contributed by atoms with Crippen molar-refractivity contribution in [3.8, 4) is 11.5 Å². The standard InChI is InChI=1S/C15H15NO3S/c1-19-11-5-8-13(14(17)9-11)15(18)16-10-3-6-12(20-2)7-4-10/h3-9,17H,1-2H3,(H,16,18). The molecule has 0 saturated carbocycles. The topological polar surface area (TPSA) is 58.6 Å². The van der Waals surface area contributed by atoms with Gasteiger partial charge in [-0.05, 0) is 42.7 Å². The highest BCUT2D eigenvalue weighted by Gasteiger charge is 2.12. The molecule has 20 heavy (non-hydrogen) atoms. The molecule has 0 bridgehead atoms. The van der Waals surface area contributed by atoms with Gasteiger partial charge in [0.25, 0.3) is 5.91 Å². The molecule has 0 aliphatic rings. The van der Waals surface area contributed by atoms with Crippen LogP contribution in [0.25, 0.3) is 0 Å². The number of aromatic hydroxyl groups is 1. The number of rotatable bonds is 4. The van der Waals surface area contributed by atoms with Gasteiger partial charge >= 0.3 is 0 Å². The molecule has 5 heteroatoms. The van der Waals surface area contributed by atoms with Crippen molar-refractivity contribution in [1.82, 2.24) is 0 Å². The zero-order valence-electron chi connectivity index (χ0n) is 11.2. The number of hydrogen-bond donors (Lipinski definition) is 2. The molecule has 0 saturated heterocycles. The summed E-state index contributed by atoms with van der Waals surface area (Å²) in [5.74, 6) is 0.0352. The number of anilines is 1. The van der Waals surface area contributed by atoms with E-state index in [9.17, 15) is 9.90 Å². The van der Waals surface area contributed by atoms with E-state index in [4.69, 9.17) is 4.74 Å². The fourth-order valence-corrected chi connectivity index (χ4v) is 2.11. The Kier molecular flexibility index (Phi) is 4.53. The lowest BCUT2D eigenvalue weighted by molar-refractivity contribution is 0.102. The highest BCUT2D eigenvalue weighted by atomic mass is 32.2. The van der Waals surface area contributed by atoms with Crippen molar-refractivity contribution in [3.05, 3.63) is 48.0 Å². The Bertz CT molecular complexity index is 611. The average molecular weight is 289 g/mol. The van der Waals surface area contributed by atoms with Gasteiger partial charge in [0.05, 0.1) is 12.7 Å². The molecule has 2 aromatic rings. The van der Waals surface area contributed by atoms with E-state index in [0.717, 1.165) is 4.90 Å². The van der Waals surface area contributed by atoms with Crippen LogP contribution in [0, 0.1) is 0 Å². The summed E-state index contributed by atoms with van der Waals surface area (Å²) in [5, 5.41) is 12.5. The third-order valence-corrected chi connectivity index (χ3v) is 3.54. The number of nitrogens with one attached hydrogen (secondary N) is 1. The van der Waals surface area contributed by atoms with E-state index in [1.54, 1.807) is 17.8 Å². The first kappa shape index (κ1) is 14.3. The van der Waals surface area contributed by atoms with E-state index in [0.29, 0.717) is 11.4 Å². The summed E-state index contributed by atoms with van der Waals surface area (Å²) in [5.41, 5.74) is 0.891. The summed E-state index contributed by atoms with van der Waals surface area (Å²) in [7, 11) is 1.50. The molecular weight excluding hydrogens is 274 g/mol. The van der Waals surface area contributed by atoms with Crippen LogP contribution < -0.4 is 10.1 Å². The minimum atomic E-state index is -0.359. The summed E-state index contributed by atoms with van der Waals surface area (Å²) in [6, 6.07) is 12.1. The molecule has 104 valence electrons. The quantitative estimate of drug-likeness (QED) is 0.847. The highest BCUT2D eigenvalue weighted by Crippen LogP contribution is 2.24. The van der Waals surface area contributed by atoms with Gasteiger partial charge in [0.2, 0.25) is 0 Å². The average Bonchev–Trinajstić information content (AvgIpc) is 2.47. The summed E-state index contributed by atoms with van der Waals surface area (Å²) >= 11 is 1.63. The number of carbonyl (C=O) groups excluding carboxylic acids is 1. The van der Waals surface area contributed by atoms with Crippen LogP contribution in [0.5, 0.6) is 11.5 Å². The molecule has 0 heterocycles. The van der Waals surface area contributed by atoms with Gasteiger partial charge in [0, 0.05) is 16.6 Å². The number of carbonyl (C=O) groups is 1. The summed E-state index contributed by atoms with van der Waals surface area (Å²) < 4.78 is 4.98. The molecule has 0 spiro atoms. The summed E-state index contributed by atoms with van der Waals surface area (Å²) in [6.45, 7) is 0. The predicted molar refractivity (Wildman–Crippen MR) is 80.8 cm³/mol. The Hall–Kier alpha value is -2.14. The lowest BCUT2D eigenvalue weighted by Crippen LogP contribution is -2.12. The summed E-state index contributed by atoms with van der Waals surface area (Å²) in [4.78, 5) is 13.2. The Morgan fingerprint density at radius 1 is 1.20 bits per heavy atom. The lowest BCUT2D eigenvalue weighted by atomic mass is 10.1. The maximum absolute atomic E-state index is 12.1. The lowest BCUT2D eigenvalue weighted by Gasteiger charge is -2.08. The molecule has 0 aliphatic heterocycles. The van der Waals surface area contributed by atoms with Gasteiger partial charge in [0.15, 0.2) is 0 Å². The third-order valence-electron chi connectivity index (χ3n) is 2.80. The zero-order valence-corrected chi connectivity index (χ0v) is 12.0. The van der Waals surface area contributed by atoms with Crippen LogP contribution >= 0.6 is 11.8 Å². The molecule has 0 radical (unpaired) electrons. The number of ether oxygens (including phenoxy) is 1. The second-order valence-electron chi connectivity index (χ2n) is 4.07. The van der Waals surface area contributed by atoms with Gasteiger partial charge in [-0.2, -0.15) is 0 Å². The molecule has 2 N–H and O–H groups in total. The Balaban J connectivity index is 2.14. The van der Waals surface area contributed by atoms with Crippen molar-refractivity contribution in [1.29, 1.82) is 0 Å². The van der Waals surface area contributed by atoms with Gasteiger partial charge in [-0.3, -0.25) is 4.79 Å². The highest BCUT2D eigenvalue weighted by molar-refractivity contribution is 7.98. The van der Waals surface area contributed by atoms with Crippen molar-refractivity contribution < 1.29 is 14.6 Å². The van der Waals surface area contributed by atoms with Gasteiger partial charge in [0.1, 0.15) is 11.5 Å².